The molecule has 0 spiro atoms. The number of ether oxygens (including phenoxy) is 6. The lowest BCUT2D eigenvalue weighted by Crippen LogP contribution is -2.55. The first-order valence-corrected chi connectivity index (χ1v) is 20.4. The van der Waals surface area contributed by atoms with Gasteiger partial charge in [-0.25, -0.2) is 28.7 Å². The van der Waals surface area contributed by atoms with Crippen molar-refractivity contribution in [1.29, 1.82) is 0 Å². The summed E-state index contributed by atoms with van der Waals surface area (Å²) in [4.78, 5) is 76.8. The van der Waals surface area contributed by atoms with Crippen molar-refractivity contribution in [2.45, 2.75) is 91.2 Å². The van der Waals surface area contributed by atoms with Crippen LogP contribution in [0.25, 0.3) is 0 Å². The van der Waals surface area contributed by atoms with Gasteiger partial charge in [0.1, 0.15) is 64.1 Å². The average molecular weight is 849 g/mol. The van der Waals surface area contributed by atoms with E-state index in [0.29, 0.717) is 15.7 Å². The fourth-order valence-electron chi connectivity index (χ4n) is 5.69. The zero-order valence-electron chi connectivity index (χ0n) is 33.4. The van der Waals surface area contributed by atoms with Crippen LogP contribution in [0.3, 0.4) is 0 Å². The Kier molecular flexibility index (Phi) is 17.7. The lowest BCUT2D eigenvalue weighted by Gasteiger charge is -2.43. The number of carbonyl (C=O) groups is 4. The van der Waals surface area contributed by atoms with Crippen LogP contribution < -0.4 is 21.4 Å². The van der Waals surface area contributed by atoms with Gasteiger partial charge in [-0.2, -0.15) is 0 Å². The fraction of sp³-hybridized carbons (Fsp3) is 0.487. The fourth-order valence-corrected chi connectivity index (χ4v) is 7.02. The highest BCUT2D eigenvalue weighted by Gasteiger charge is 2.47. The van der Waals surface area contributed by atoms with Gasteiger partial charge in [0.15, 0.2) is 0 Å². The Balaban J connectivity index is 1.58. The second-order valence-electron chi connectivity index (χ2n) is 14.0. The molecule has 3 aromatic rings. The second-order valence-corrected chi connectivity index (χ2v) is 16.0. The van der Waals surface area contributed by atoms with Gasteiger partial charge in [0.2, 0.25) is 0 Å². The molecule has 1 aliphatic heterocycles. The summed E-state index contributed by atoms with van der Waals surface area (Å²) in [6.45, 7) is 4.02. The Morgan fingerprint density at radius 1 is 0.797 bits per heavy atom. The molecule has 0 amide bonds. The summed E-state index contributed by atoms with van der Waals surface area (Å²) < 4.78 is 70.5. The van der Waals surface area contributed by atoms with Crippen molar-refractivity contribution in [3.63, 3.8) is 0 Å². The first-order valence-electron chi connectivity index (χ1n) is 18.8. The number of benzene rings is 2. The van der Waals surface area contributed by atoms with Gasteiger partial charge in [-0.1, -0.05) is 67.6 Å². The monoisotopic (exact) mass is 848 g/mol. The van der Waals surface area contributed by atoms with E-state index >= 15 is 4.39 Å². The smallest absolute Gasteiger partial charge is 0.341 e. The van der Waals surface area contributed by atoms with E-state index in [4.69, 9.17) is 32.9 Å². The van der Waals surface area contributed by atoms with Gasteiger partial charge < -0.3 is 32.9 Å². The van der Waals surface area contributed by atoms with Crippen LogP contribution in [0.1, 0.15) is 52.0 Å². The summed E-state index contributed by atoms with van der Waals surface area (Å²) in [6, 6.07) is 18.5. The van der Waals surface area contributed by atoms with Gasteiger partial charge in [0, 0.05) is 18.2 Å². The average Bonchev–Trinajstić information content (AvgIpc) is 3.20. The standard InChI is InChI=1S/C39H50FN4O14P/c1-25(2)56-32(46)18-41-59(51,42-19-33(47)57-26(3)4)55-23-30-37(54-24-35(49)53-22-29-14-10-7-11-15-29)36(40)27(5)38(58-30)43-17-16-31(45)44(39(43)50)20-34(48)52-21-28-12-8-6-9-13-28/h6-17,25-27,30,36-38H,18-24H2,1-5H3,(H2,41,42,51)/t27?,30-,36?,37?,38?/m1/s1. The van der Waals surface area contributed by atoms with Crippen LogP contribution >= 0.6 is 7.67 Å². The number of carbonyl (C=O) groups excluding carboxylic acids is 4. The van der Waals surface area contributed by atoms with E-state index in [1.807, 2.05) is 0 Å². The largest absolute Gasteiger partial charge is 0.462 e. The van der Waals surface area contributed by atoms with Gasteiger partial charge in [0.05, 0.1) is 18.8 Å². The minimum atomic E-state index is -4.40. The number of esters is 4. The topological polar surface area (TPSA) is 218 Å². The molecule has 1 aliphatic rings. The Bertz CT molecular complexity index is 2000. The van der Waals surface area contributed by atoms with E-state index in [1.54, 1.807) is 88.4 Å². The van der Waals surface area contributed by atoms with Crippen molar-refractivity contribution in [1.82, 2.24) is 19.3 Å². The van der Waals surface area contributed by atoms with Crippen LogP contribution in [0.4, 0.5) is 4.39 Å². The lowest BCUT2D eigenvalue weighted by molar-refractivity contribution is -0.227. The Hall–Kier alpha value is -5.04. The second kappa shape index (κ2) is 22.4. The molecule has 2 aromatic carbocycles. The molecule has 1 fully saturated rings. The normalized spacial score (nSPS) is 19.3. The van der Waals surface area contributed by atoms with E-state index < -0.39 is 118 Å². The summed E-state index contributed by atoms with van der Waals surface area (Å²) in [5.74, 6) is -4.56. The molecular weight excluding hydrogens is 798 g/mol. The van der Waals surface area contributed by atoms with Crippen LogP contribution in [-0.4, -0.2) is 89.9 Å². The number of alkyl halides is 1. The molecule has 322 valence electrons. The molecule has 1 saturated heterocycles. The number of halogens is 1. The summed E-state index contributed by atoms with van der Waals surface area (Å²) in [7, 11) is -4.40. The molecule has 20 heteroatoms. The summed E-state index contributed by atoms with van der Waals surface area (Å²) >= 11 is 0. The number of nitrogens with one attached hydrogen (secondary N) is 2. The third kappa shape index (κ3) is 14.6. The first-order chi connectivity index (χ1) is 28.0. The Morgan fingerprint density at radius 2 is 1.32 bits per heavy atom. The van der Waals surface area contributed by atoms with E-state index in [2.05, 4.69) is 10.2 Å². The summed E-state index contributed by atoms with van der Waals surface area (Å²) in [5.41, 5.74) is -0.520. The number of hydrogen-bond donors (Lipinski definition) is 2. The zero-order chi connectivity index (χ0) is 43.1. The van der Waals surface area contributed by atoms with Crippen molar-refractivity contribution in [2.24, 2.45) is 5.92 Å². The van der Waals surface area contributed by atoms with Gasteiger partial charge in [-0.15, -0.1) is 0 Å². The van der Waals surface area contributed by atoms with Gasteiger partial charge in [0.25, 0.3) is 5.56 Å². The SMILES string of the molecule is CC(C)OC(=O)CNP(=O)(NCC(=O)OC(C)C)OC[C@H]1OC(n2ccc(=O)n(CC(=O)OCc3ccccc3)c2=O)C(C)C(F)C1OCC(=O)OCc1ccccc1. The van der Waals surface area contributed by atoms with Crippen molar-refractivity contribution in [2.75, 3.05) is 26.3 Å². The van der Waals surface area contributed by atoms with Crippen LogP contribution in [0.15, 0.2) is 82.5 Å². The minimum absolute atomic E-state index is 0.0916. The van der Waals surface area contributed by atoms with Crippen LogP contribution in [0.2, 0.25) is 0 Å². The number of rotatable bonds is 21. The maximum atomic E-state index is 16.6. The first kappa shape index (κ1) is 46.6. The molecule has 1 aromatic heterocycles. The molecule has 4 rings (SSSR count). The van der Waals surface area contributed by atoms with E-state index in [9.17, 15) is 33.3 Å². The quantitative estimate of drug-likeness (QED) is 0.0895. The molecule has 0 bridgehead atoms. The lowest BCUT2D eigenvalue weighted by atomic mass is 9.92. The number of aromatic nitrogens is 2. The molecule has 2 N–H and O–H groups in total. The molecule has 4 unspecified atom stereocenters. The highest BCUT2D eigenvalue weighted by Crippen LogP contribution is 2.41. The maximum Gasteiger partial charge on any atom is 0.341 e. The van der Waals surface area contributed by atoms with E-state index in [-0.39, 0.29) is 13.2 Å². The molecule has 0 aliphatic carbocycles. The number of hydrogen-bond acceptors (Lipinski definition) is 14. The van der Waals surface area contributed by atoms with Crippen LogP contribution in [0.5, 0.6) is 0 Å². The van der Waals surface area contributed by atoms with E-state index in [0.717, 1.165) is 16.8 Å². The zero-order valence-corrected chi connectivity index (χ0v) is 34.2. The summed E-state index contributed by atoms with van der Waals surface area (Å²) in [6.07, 6.45) is -6.59. The molecule has 5 atom stereocenters. The highest BCUT2D eigenvalue weighted by molar-refractivity contribution is 7.54. The third-order valence-corrected chi connectivity index (χ3v) is 10.2. The van der Waals surface area contributed by atoms with Crippen molar-refractivity contribution in [3.8, 4) is 0 Å². The predicted octanol–water partition coefficient (Wildman–Crippen LogP) is 2.96. The molecule has 0 saturated carbocycles. The molecular formula is C39H50FN4O14P. The van der Waals surface area contributed by atoms with Crippen molar-refractivity contribution in [3.05, 3.63) is 105 Å². The molecule has 0 radical (unpaired) electrons. The summed E-state index contributed by atoms with van der Waals surface area (Å²) in [5, 5.41) is 4.82. The minimum Gasteiger partial charge on any atom is -0.462 e. The van der Waals surface area contributed by atoms with Gasteiger partial charge >= 0.3 is 37.2 Å². The number of nitrogens with zero attached hydrogens (tertiary/aromatic N) is 2. The molecule has 2 heterocycles. The van der Waals surface area contributed by atoms with Gasteiger partial charge in [-0.05, 0) is 38.8 Å². The predicted molar refractivity (Wildman–Crippen MR) is 207 cm³/mol. The maximum absolute atomic E-state index is 16.6. The Morgan fingerprint density at radius 3 is 1.85 bits per heavy atom. The third-order valence-electron chi connectivity index (χ3n) is 8.50. The molecule has 18 nitrogen and oxygen atoms in total. The molecule has 59 heavy (non-hydrogen) atoms. The van der Waals surface area contributed by atoms with Crippen LogP contribution in [-0.2, 0) is 76.4 Å². The Labute approximate surface area is 339 Å². The van der Waals surface area contributed by atoms with Crippen molar-refractivity contribution >= 4 is 31.5 Å². The van der Waals surface area contributed by atoms with Crippen molar-refractivity contribution < 1.29 is 61.1 Å². The van der Waals surface area contributed by atoms with Gasteiger partial charge in [-0.3, -0.25) is 28.3 Å². The van der Waals surface area contributed by atoms with E-state index in [1.165, 1.54) is 6.92 Å². The highest BCUT2D eigenvalue weighted by atomic mass is 31.2. The van der Waals surface area contributed by atoms with Crippen LogP contribution in [0, 0.1) is 5.92 Å².